The standard InChI is InChI=1S/C16H15N5O3/c1-9-7-18-13(8-17-9)15(22)19-12-6-11(4-5-14(12)23-3)16-21-20-10(2)24-16/h4-8H,1-3H3,(H,19,22). The largest absolute Gasteiger partial charge is 0.495 e. The molecule has 122 valence electrons. The van der Waals surface area contributed by atoms with Gasteiger partial charge < -0.3 is 14.5 Å². The molecule has 8 nitrogen and oxygen atoms in total. The fourth-order valence-corrected chi connectivity index (χ4v) is 2.05. The van der Waals surface area contributed by atoms with Crippen LogP contribution in [0.2, 0.25) is 0 Å². The molecule has 0 saturated carbocycles. The van der Waals surface area contributed by atoms with Crippen molar-refractivity contribution in [1.82, 2.24) is 20.2 Å². The van der Waals surface area contributed by atoms with Gasteiger partial charge in [0, 0.05) is 18.7 Å². The van der Waals surface area contributed by atoms with Crippen molar-refractivity contribution in [3.05, 3.63) is 47.9 Å². The number of carbonyl (C=O) groups excluding carboxylic acids is 1. The zero-order valence-electron chi connectivity index (χ0n) is 13.4. The van der Waals surface area contributed by atoms with Crippen molar-refractivity contribution in [2.75, 3.05) is 12.4 Å². The van der Waals surface area contributed by atoms with Crippen LogP contribution in [0, 0.1) is 13.8 Å². The lowest BCUT2D eigenvalue weighted by Crippen LogP contribution is -2.14. The van der Waals surface area contributed by atoms with E-state index in [1.807, 2.05) is 0 Å². The van der Waals surface area contributed by atoms with E-state index < -0.39 is 0 Å². The van der Waals surface area contributed by atoms with E-state index in [4.69, 9.17) is 9.15 Å². The van der Waals surface area contributed by atoms with E-state index >= 15 is 0 Å². The zero-order chi connectivity index (χ0) is 17.1. The van der Waals surface area contributed by atoms with Crippen LogP contribution in [0.25, 0.3) is 11.5 Å². The molecule has 0 spiro atoms. The molecule has 0 fully saturated rings. The Labute approximate surface area is 137 Å². The highest BCUT2D eigenvalue weighted by atomic mass is 16.5. The topological polar surface area (TPSA) is 103 Å². The van der Waals surface area contributed by atoms with Crippen LogP contribution >= 0.6 is 0 Å². The summed E-state index contributed by atoms with van der Waals surface area (Å²) in [5.74, 6) is 0.935. The molecule has 1 amide bonds. The van der Waals surface area contributed by atoms with Crippen LogP contribution in [0.1, 0.15) is 22.1 Å². The Kier molecular flexibility index (Phi) is 4.19. The van der Waals surface area contributed by atoms with E-state index in [-0.39, 0.29) is 11.6 Å². The number of methoxy groups -OCH3 is 1. The molecule has 0 unspecified atom stereocenters. The third-order valence-corrected chi connectivity index (χ3v) is 3.23. The number of aromatic nitrogens is 4. The monoisotopic (exact) mass is 325 g/mol. The number of ether oxygens (including phenoxy) is 1. The molecule has 0 aliphatic carbocycles. The molecule has 0 bridgehead atoms. The molecule has 2 aromatic heterocycles. The lowest BCUT2D eigenvalue weighted by molar-refractivity contribution is 0.102. The van der Waals surface area contributed by atoms with Gasteiger partial charge in [0.05, 0.1) is 24.7 Å². The Morgan fingerprint density at radius 2 is 2.00 bits per heavy atom. The van der Waals surface area contributed by atoms with Gasteiger partial charge >= 0.3 is 0 Å². The van der Waals surface area contributed by atoms with Crippen LogP contribution in [0.15, 0.2) is 35.0 Å². The van der Waals surface area contributed by atoms with Gasteiger partial charge in [-0.15, -0.1) is 10.2 Å². The van der Waals surface area contributed by atoms with Crippen molar-refractivity contribution in [3.63, 3.8) is 0 Å². The maximum absolute atomic E-state index is 12.3. The van der Waals surface area contributed by atoms with E-state index in [0.29, 0.717) is 28.8 Å². The number of nitrogens with one attached hydrogen (secondary N) is 1. The normalized spacial score (nSPS) is 10.5. The van der Waals surface area contributed by atoms with Gasteiger partial charge in [0.1, 0.15) is 11.4 Å². The summed E-state index contributed by atoms with van der Waals surface area (Å²) < 4.78 is 10.7. The van der Waals surface area contributed by atoms with Crippen LogP contribution in [0.4, 0.5) is 5.69 Å². The van der Waals surface area contributed by atoms with Crippen LogP contribution in [-0.2, 0) is 0 Å². The highest BCUT2D eigenvalue weighted by Gasteiger charge is 2.14. The van der Waals surface area contributed by atoms with Crippen LogP contribution in [0.5, 0.6) is 5.75 Å². The molecule has 0 saturated heterocycles. The zero-order valence-corrected chi connectivity index (χ0v) is 13.4. The highest BCUT2D eigenvalue weighted by Crippen LogP contribution is 2.30. The molecule has 0 atom stereocenters. The Hall–Kier alpha value is -3.29. The fourth-order valence-electron chi connectivity index (χ4n) is 2.05. The van der Waals surface area contributed by atoms with E-state index in [2.05, 4.69) is 25.5 Å². The second-order valence-electron chi connectivity index (χ2n) is 5.04. The maximum atomic E-state index is 12.3. The molecule has 0 aliphatic rings. The van der Waals surface area contributed by atoms with Gasteiger partial charge in [-0.1, -0.05) is 0 Å². The van der Waals surface area contributed by atoms with E-state index in [1.54, 1.807) is 32.0 Å². The van der Waals surface area contributed by atoms with Crippen molar-refractivity contribution < 1.29 is 13.9 Å². The summed E-state index contributed by atoms with van der Waals surface area (Å²) in [6, 6.07) is 5.18. The Bertz CT molecular complexity index is 874. The molecule has 3 rings (SSSR count). The summed E-state index contributed by atoms with van der Waals surface area (Å²) in [5, 5.41) is 10.5. The van der Waals surface area contributed by atoms with E-state index in [9.17, 15) is 4.79 Å². The second kappa shape index (κ2) is 6.45. The number of carbonyl (C=O) groups is 1. The first kappa shape index (κ1) is 15.6. The minimum atomic E-state index is -0.389. The first-order valence-corrected chi connectivity index (χ1v) is 7.15. The summed E-state index contributed by atoms with van der Waals surface area (Å²) >= 11 is 0. The molecule has 2 heterocycles. The Morgan fingerprint density at radius 1 is 1.17 bits per heavy atom. The third kappa shape index (κ3) is 3.22. The third-order valence-electron chi connectivity index (χ3n) is 3.23. The minimum Gasteiger partial charge on any atom is -0.495 e. The smallest absolute Gasteiger partial charge is 0.275 e. The molecule has 0 radical (unpaired) electrons. The van der Waals surface area contributed by atoms with E-state index in [1.165, 1.54) is 19.5 Å². The first-order valence-electron chi connectivity index (χ1n) is 7.15. The second-order valence-corrected chi connectivity index (χ2v) is 5.04. The summed E-state index contributed by atoms with van der Waals surface area (Å²) in [6.45, 7) is 3.51. The maximum Gasteiger partial charge on any atom is 0.275 e. The van der Waals surface area contributed by atoms with Gasteiger partial charge in [-0.05, 0) is 25.1 Å². The minimum absolute atomic E-state index is 0.210. The summed E-state index contributed by atoms with van der Waals surface area (Å²) in [6.07, 6.45) is 2.95. The molecule has 0 aliphatic heterocycles. The number of hydrogen-bond donors (Lipinski definition) is 1. The predicted molar refractivity (Wildman–Crippen MR) is 85.7 cm³/mol. The van der Waals surface area contributed by atoms with Gasteiger partial charge in [-0.3, -0.25) is 9.78 Å². The molecule has 1 N–H and O–H groups in total. The molecule has 8 heteroatoms. The molecular formula is C16H15N5O3. The van der Waals surface area contributed by atoms with E-state index in [0.717, 1.165) is 5.69 Å². The van der Waals surface area contributed by atoms with Crippen molar-refractivity contribution in [2.45, 2.75) is 13.8 Å². The number of nitrogens with zero attached hydrogens (tertiary/aromatic N) is 4. The van der Waals surface area contributed by atoms with Crippen LogP contribution in [-0.4, -0.2) is 33.2 Å². The summed E-state index contributed by atoms with van der Waals surface area (Å²) in [7, 11) is 1.52. The lowest BCUT2D eigenvalue weighted by atomic mass is 10.2. The van der Waals surface area contributed by atoms with Gasteiger partial charge in [0.2, 0.25) is 11.8 Å². The van der Waals surface area contributed by atoms with Crippen molar-refractivity contribution in [1.29, 1.82) is 0 Å². The van der Waals surface area contributed by atoms with Gasteiger partial charge in [0.25, 0.3) is 5.91 Å². The molecule has 24 heavy (non-hydrogen) atoms. The number of hydrogen-bond acceptors (Lipinski definition) is 7. The average molecular weight is 325 g/mol. The van der Waals surface area contributed by atoms with Crippen LogP contribution in [0.3, 0.4) is 0 Å². The fraction of sp³-hybridized carbons (Fsp3) is 0.188. The number of amides is 1. The highest BCUT2D eigenvalue weighted by molar-refractivity contribution is 6.03. The summed E-state index contributed by atoms with van der Waals surface area (Å²) in [4.78, 5) is 20.4. The molecular weight excluding hydrogens is 310 g/mol. The van der Waals surface area contributed by atoms with Crippen molar-refractivity contribution in [3.8, 4) is 17.2 Å². The number of anilines is 1. The SMILES string of the molecule is COc1ccc(-c2nnc(C)o2)cc1NC(=O)c1cnc(C)cn1. The molecule has 1 aromatic carbocycles. The first-order chi connectivity index (χ1) is 11.6. The van der Waals surface area contributed by atoms with Gasteiger partial charge in [0.15, 0.2) is 0 Å². The van der Waals surface area contributed by atoms with Gasteiger partial charge in [-0.25, -0.2) is 4.98 Å². The van der Waals surface area contributed by atoms with Crippen LogP contribution < -0.4 is 10.1 Å². The number of rotatable bonds is 4. The van der Waals surface area contributed by atoms with Gasteiger partial charge in [-0.2, -0.15) is 0 Å². The van der Waals surface area contributed by atoms with Crippen molar-refractivity contribution >= 4 is 11.6 Å². The molecule has 3 aromatic rings. The predicted octanol–water partition coefficient (Wildman–Crippen LogP) is 2.40. The number of aryl methyl sites for hydroxylation is 2. The summed E-state index contributed by atoms with van der Waals surface area (Å²) in [5.41, 5.74) is 2.08. The Balaban J connectivity index is 1.90. The lowest BCUT2D eigenvalue weighted by Gasteiger charge is -2.10. The quantitative estimate of drug-likeness (QED) is 0.785. The number of benzene rings is 1. The average Bonchev–Trinajstić information content (AvgIpc) is 3.02. The van der Waals surface area contributed by atoms with Crippen molar-refractivity contribution in [2.24, 2.45) is 0 Å². The Morgan fingerprint density at radius 3 is 2.62 bits per heavy atom.